The zero-order chi connectivity index (χ0) is 26.5. The van der Waals surface area contributed by atoms with E-state index in [0.29, 0.717) is 13.2 Å². The lowest BCUT2D eigenvalue weighted by atomic mass is 9.90. The molecular weight excluding hydrogens is 456 g/mol. The first kappa shape index (κ1) is 26.2. The SMILES string of the molecule is Cc1cccc(C)c1-c1c(C)cccc1C.Cc1cccc2c1-c1c(C)cccc1OCC(C=O)CO2. The Morgan fingerprint density at radius 1 is 0.514 bits per heavy atom. The fourth-order valence-corrected chi connectivity index (χ4v) is 5.10. The summed E-state index contributed by atoms with van der Waals surface area (Å²) in [7, 11) is 0. The van der Waals surface area contributed by atoms with E-state index in [1.54, 1.807) is 0 Å². The molecule has 3 heteroatoms. The van der Waals surface area contributed by atoms with Crippen LogP contribution in [0.4, 0.5) is 0 Å². The lowest BCUT2D eigenvalue weighted by Crippen LogP contribution is -2.20. The van der Waals surface area contributed by atoms with Crippen LogP contribution in [-0.2, 0) is 4.79 Å². The van der Waals surface area contributed by atoms with Crippen LogP contribution in [0.3, 0.4) is 0 Å². The summed E-state index contributed by atoms with van der Waals surface area (Å²) in [6.45, 7) is 13.6. The molecule has 0 saturated carbocycles. The molecule has 0 atom stereocenters. The predicted octanol–water partition coefficient (Wildman–Crippen LogP) is 8.14. The summed E-state index contributed by atoms with van der Waals surface area (Å²) in [5.74, 6) is 1.36. The first-order chi connectivity index (χ1) is 17.8. The van der Waals surface area contributed by atoms with Crippen LogP contribution in [0.1, 0.15) is 33.4 Å². The van der Waals surface area contributed by atoms with Crippen molar-refractivity contribution in [3.63, 3.8) is 0 Å². The molecule has 190 valence electrons. The third-order valence-corrected chi connectivity index (χ3v) is 7.03. The van der Waals surface area contributed by atoms with Gasteiger partial charge in [0.05, 0.1) is 5.92 Å². The van der Waals surface area contributed by atoms with Gasteiger partial charge in [0.2, 0.25) is 0 Å². The third-order valence-electron chi connectivity index (χ3n) is 7.03. The first-order valence-corrected chi connectivity index (χ1v) is 12.8. The molecule has 4 aromatic rings. The molecule has 0 unspecified atom stereocenters. The molecule has 0 fully saturated rings. The molecular formula is C34H36O3. The zero-order valence-electron chi connectivity index (χ0n) is 22.7. The minimum Gasteiger partial charge on any atom is -0.492 e. The quantitative estimate of drug-likeness (QED) is 0.265. The van der Waals surface area contributed by atoms with Crippen LogP contribution in [0.5, 0.6) is 11.5 Å². The molecule has 0 aliphatic carbocycles. The summed E-state index contributed by atoms with van der Waals surface area (Å²) in [6.07, 6.45) is 0.899. The molecule has 3 nitrogen and oxygen atoms in total. The maximum Gasteiger partial charge on any atom is 0.129 e. The Balaban J connectivity index is 0.000000180. The highest BCUT2D eigenvalue weighted by molar-refractivity contribution is 5.81. The molecule has 37 heavy (non-hydrogen) atoms. The Morgan fingerprint density at radius 2 is 0.811 bits per heavy atom. The molecule has 0 saturated heterocycles. The van der Waals surface area contributed by atoms with Gasteiger partial charge in [0, 0.05) is 11.1 Å². The molecule has 0 aromatic heterocycles. The molecule has 4 aromatic carbocycles. The Bertz CT molecular complexity index is 1270. The number of ether oxygens (including phenoxy) is 2. The first-order valence-electron chi connectivity index (χ1n) is 12.8. The Hall–Kier alpha value is -3.85. The molecule has 0 bridgehead atoms. The van der Waals surface area contributed by atoms with Crippen molar-refractivity contribution in [3.05, 3.63) is 106 Å². The normalized spacial score (nSPS) is 12.8. The number of benzene rings is 4. The van der Waals surface area contributed by atoms with Gasteiger partial charge in [-0.1, -0.05) is 60.7 Å². The van der Waals surface area contributed by atoms with E-state index >= 15 is 0 Å². The third kappa shape index (κ3) is 5.61. The van der Waals surface area contributed by atoms with Gasteiger partial charge in [0.1, 0.15) is 31.0 Å². The van der Waals surface area contributed by atoms with Crippen LogP contribution in [0.2, 0.25) is 0 Å². The van der Waals surface area contributed by atoms with Crippen LogP contribution < -0.4 is 9.47 Å². The Labute approximate surface area is 221 Å². The van der Waals surface area contributed by atoms with E-state index < -0.39 is 0 Å². The van der Waals surface area contributed by atoms with E-state index in [1.807, 2.05) is 24.3 Å². The topological polar surface area (TPSA) is 35.5 Å². The van der Waals surface area contributed by atoms with Crippen molar-refractivity contribution in [2.75, 3.05) is 13.2 Å². The zero-order valence-corrected chi connectivity index (χ0v) is 22.7. The fourth-order valence-electron chi connectivity index (χ4n) is 5.10. The molecule has 1 aliphatic rings. The molecule has 1 aliphatic heterocycles. The van der Waals surface area contributed by atoms with Gasteiger partial charge in [-0.15, -0.1) is 0 Å². The number of aldehydes is 1. The highest BCUT2D eigenvalue weighted by atomic mass is 16.5. The summed E-state index contributed by atoms with van der Waals surface area (Å²) in [4.78, 5) is 11.1. The van der Waals surface area contributed by atoms with Crippen LogP contribution in [0.15, 0.2) is 72.8 Å². The standard InChI is InChI=1S/C18H18O3.C16H18/c1-12-5-3-7-15-17(12)18-13(2)6-4-8-16(18)21-11-14(9-19)10-20-15;1-11-7-5-8-12(2)15(11)16-13(3)9-6-10-14(16)4/h3-9,14H,10-11H2,1-2H3;5-10H,1-4H3. The molecule has 0 spiro atoms. The maximum atomic E-state index is 11.1. The Morgan fingerprint density at radius 3 is 1.14 bits per heavy atom. The highest BCUT2D eigenvalue weighted by Crippen LogP contribution is 2.42. The van der Waals surface area contributed by atoms with Gasteiger partial charge in [-0.2, -0.15) is 0 Å². The monoisotopic (exact) mass is 492 g/mol. The number of aryl methyl sites for hydroxylation is 6. The van der Waals surface area contributed by atoms with Gasteiger partial charge in [-0.3, -0.25) is 0 Å². The van der Waals surface area contributed by atoms with Crippen molar-refractivity contribution in [3.8, 4) is 33.8 Å². The van der Waals surface area contributed by atoms with Crippen molar-refractivity contribution in [1.29, 1.82) is 0 Å². The summed E-state index contributed by atoms with van der Waals surface area (Å²) in [6, 6.07) is 25.0. The molecule has 5 rings (SSSR count). The van der Waals surface area contributed by atoms with E-state index in [0.717, 1.165) is 40.0 Å². The van der Waals surface area contributed by atoms with Crippen LogP contribution in [0.25, 0.3) is 22.3 Å². The molecule has 0 N–H and O–H groups in total. The summed E-state index contributed by atoms with van der Waals surface area (Å²) in [5, 5.41) is 0. The van der Waals surface area contributed by atoms with Crippen molar-refractivity contribution in [2.45, 2.75) is 41.5 Å². The highest BCUT2D eigenvalue weighted by Gasteiger charge is 2.21. The number of rotatable bonds is 2. The minimum absolute atomic E-state index is 0.259. The summed E-state index contributed by atoms with van der Waals surface area (Å²) >= 11 is 0. The van der Waals surface area contributed by atoms with Crippen LogP contribution in [-0.4, -0.2) is 19.5 Å². The summed E-state index contributed by atoms with van der Waals surface area (Å²) < 4.78 is 11.8. The van der Waals surface area contributed by atoms with Crippen molar-refractivity contribution >= 4 is 6.29 Å². The Kier molecular flexibility index (Phi) is 8.13. The van der Waals surface area contributed by atoms with Crippen molar-refractivity contribution in [1.82, 2.24) is 0 Å². The van der Waals surface area contributed by atoms with Crippen molar-refractivity contribution < 1.29 is 14.3 Å². The number of hydrogen-bond acceptors (Lipinski definition) is 3. The van der Waals surface area contributed by atoms with Gasteiger partial charge >= 0.3 is 0 Å². The average Bonchev–Trinajstić information content (AvgIpc) is 2.94. The fraction of sp³-hybridized carbons (Fsp3) is 0.265. The molecule has 0 amide bonds. The van der Waals surface area contributed by atoms with Gasteiger partial charge in [0.15, 0.2) is 0 Å². The molecule has 0 radical (unpaired) electrons. The van der Waals surface area contributed by atoms with E-state index in [9.17, 15) is 4.79 Å². The average molecular weight is 493 g/mol. The van der Waals surface area contributed by atoms with Gasteiger partial charge in [0.25, 0.3) is 0 Å². The summed E-state index contributed by atoms with van der Waals surface area (Å²) in [5.41, 5.74) is 12.6. The molecule has 1 heterocycles. The van der Waals surface area contributed by atoms with Gasteiger partial charge in [-0.05, 0) is 98.2 Å². The lowest BCUT2D eigenvalue weighted by molar-refractivity contribution is -0.112. The number of hydrogen-bond donors (Lipinski definition) is 0. The van der Waals surface area contributed by atoms with Crippen LogP contribution >= 0.6 is 0 Å². The van der Waals surface area contributed by atoms with E-state index in [-0.39, 0.29) is 5.92 Å². The smallest absolute Gasteiger partial charge is 0.129 e. The number of carbonyl (C=O) groups excluding carboxylic acids is 1. The second-order valence-corrected chi connectivity index (χ2v) is 9.95. The number of fused-ring (bicyclic) bond motifs is 3. The second-order valence-electron chi connectivity index (χ2n) is 9.95. The van der Waals surface area contributed by atoms with Crippen molar-refractivity contribution in [2.24, 2.45) is 5.92 Å². The minimum atomic E-state index is -0.259. The van der Waals surface area contributed by atoms with E-state index in [4.69, 9.17) is 9.47 Å². The number of carbonyl (C=O) groups is 1. The lowest BCUT2D eigenvalue weighted by Gasteiger charge is -2.16. The second kappa shape index (κ2) is 11.5. The maximum absolute atomic E-state index is 11.1. The largest absolute Gasteiger partial charge is 0.492 e. The van der Waals surface area contributed by atoms with E-state index in [1.165, 1.54) is 33.4 Å². The van der Waals surface area contributed by atoms with Gasteiger partial charge in [-0.25, -0.2) is 0 Å². The van der Waals surface area contributed by atoms with Crippen LogP contribution in [0, 0.1) is 47.5 Å². The predicted molar refractivity (Wildman–Crippen MR) is 153 cm³/mol. The van der Waals surface area contributed by atoms with E-state index in [2.05, 4.69) is 90.1 Å². The van der Waals surface area contributed by atoms with Gasteiger partial charge < -0.3 is 14.3 Å².